The van der Waals surface area contributed by atoms with Crippen molar-refractivity contribution in [2.45, 2.75) is 25.1 Å². The Kier molecular flexibility index (Phi) is 6.96. The van der Waals surface area contributed by atoms with Gasteiger partial charge in [0.15, 0.2) is 0 Å². The zero-order chi connectivity index (χ0) is 12.7. The van der Waals surface area contributed by atoms with Crippen molar-refractivity contribution in [2.75, 3.05) is 12.4 Å². The van der Waals surface area contributed by atoms with Crippen molar-refractivity contribution in [3.63, 3.8) is 0 Å². The summed E-state index contributed by atoms with van der Waals surface area (Å²) in [7, 11) is 0. The molecule has 3 nitrogen and oxygen atoms in total. The standard InChI is InChI=1S/C11H16ClNO2S2/c1-2-8(5-14)13-11(15)7-16-6-9-3-4-10(12)17-9/h3-4,8,14H,2,5-7H2,1H3,(H,13,15). The number of aliphatic hydroxyl groups excluding tert-OH is 1. The first kappa shape index (κ1) is 14.8. The number of hydrogen-bond acceptors (Lipinski definition) is 4. The molecule has 0 fully saturated rings. The lowest BCUT2D eigenvalue weighted by Crippen LogP contribution is -2.37. The van der Waals surface area contributed by atoms with Crippen molar-refractivity contribution in [2.24, 2.45) is 0 Å². The molecule has 1 heterocycles. The average Bonchev–Trinajstić information content (AvgIpc) is 2.72. The highest BCUT2D eigenvalue weighted by Gasteiger charge is 2.09. The van der Waals surface area contributed by atoms with Crippen LogP contribution in [0, 0.1) is 0 Å². The Morgan fingerprint density at radius 3 is 2.94 bits per heavy atom. The maximum atomic E-state index is 11.5. The van der Waals surface area contributed by atoms with Gasteiger partial charge in [-0.25, -0.2) is 0 Å². The summed E-state index contributed by atoms with van der Waals surface area (Å²) in [5, 5.41) is 11.7. The van der Waals surface area contributed by atoms with E-state index < -0.39 is 0 Å². The SMILES string of the molecule is CCC(CO)NC(=O)CSCc1ccc(Cl)s1. The first-order chi connectivity index (χ1) is 8.15. The predicted molar refractivity (Wildman–Crippen MR) is 74.8 cm³/mol. The molecule has 0 saturated heterocycles. The van der Waals surface area contributed by atoms with Gasteiger partial charge < -0.3 is 10.4 Å². The fraction of sp³-hybridized carbons (Fsp3) is 0.545. The van der Waals surface area contributed by atoms with Crippen LogP contribution in [0.5, 0.6) is 0 Å². The summed E-state index contributed by atoms with van der Waals surface area (Å²) in [5.74, 6) is 1.17. The van der Waals surface area contributed by atoms with Crippen LogP contribution in [0.3, 0.4) is 0 Å². The minimum atomic E-state index is -0.126. The summed E-state index contributed by atoms with van der Waals surface area (Å²) in [4.78, 5) is 12.7. The summed E-state index contributed by atoms with van der Waals surface area (Å²) in [6, 6.07) is 3.71. The van der Waals surface area contributed by atoms with Crippen molar-refractivity contribution in [3.8, 4) is 0 Å². The number of aliphatic hydroxyl groups is 1. The third kappa shape index (κ3) is 5.77. The molecule has 96 valence electrons. The minimum Gasteiger partial charge on any atom is -0.394 e. The number of nitrogens with one attached hydrogen (secondary N) is 1. The highest BCUT2D eigenvalue weighted by Crippen LogP contribution is 2.24. The maximum absolute atomic E-state index is 11.5. The van der Waals surface area contributed by atoms with E-state index in [9.17, 15) is 4.79 Å². The summed E-state index contributed by atoms with van der Waals surface area (Å²) in [5.41, 5.74) is 0. The highest BCUT2D eigenvalue weighted by atomic mass is 35.5. The molecular formula is C11H16ClNO2S2. The van der Waals surface area contributed by atoms with Gasteiger partial charge in [0, 0.05) is 10.6 Å². The molecule has 0 aliphatic rings. The van der Waals surface area contributed by atoms with E-state index in [-0.39, 0.29) is 18.6 Å². The van der Waals surface area contributed by atoms with Crippen molar-refractivity contribution < 1.29 is 9.90 Å². The number of thiophene rings is 1. The Labute approximate surface area is 115 Å². The molecule has 6 heteroatoms. The van der Waals surface area contributed by atoms with E-state index in [1.807, 2.05) is 19.1 Å². The lowest BCUT2D eigenvalue weighted by atomic mass is 10.2. The molecule has 1 rings (SSSR count). The van der Waals surface area contributed by atoms with Gasteiger partial charge in [-0.3, -0.25) is 4.79 Å². The molecule has 0 aliphatic carbocycles. The van der Waals surface area contributed by atoms with Crippen LogP contribution in [0.15, 0.2) is 12.1 Å². The van der Waals surface area contributed by atoms with Gasteiger partial charge in [0.2, 0.25) is 5.91 Å². The molecule has 1 atom stereocenters. The first-order valence-electron chi connectivity index (χ1n) is 5.38. The number of carbonyl (C=O) groups excluding carboxylic acids is 1. The number of halogens is 1. The molecular weight excluding hydrogens is 278 g/mol. The molecule has 1 aromatic rings. The monoisotopic (exact) mass is 293 g/mol. The van der Waals surface area contributed by atoms with E-state index in [0.29, 0.717) is 5.75 Å². The first-order valence-corrected chi connectivity index (χ1v) is 7.72. The Hall–Kier alpha value is -0.230. The van der Waals surface area contributed by atoms with Gasteiger partial charge in [0.25, 0.3) is 0 Å². The van der Waals surface area contributed by atoms with Crippen LogP contribution in [0.1, 0.15) is 18.2 Å². The van der Waals surface area contributed by atoms with Crippen LogP contribution in [0.2, 0.25) is 4.34 Å². The normalized spacial score (nSPS) is 12.4. The Morgan fingerprint density at radius 1 is 1.65 bits per heavy atom. The van der Waals surface area contributed by atoms with E-state index in [1.165, 1.54) is 16.2 Å². The van der Waals surface area contributed by atoms with Gasteiger partial charge in [-0.05, 0) is 18.6 Å². The van der Waals surface area contributed by atoms with Crippen LogP contribution in [-0.4, -0.2) is 29.4 Å². The van der Waals surface area contributed by atoms with Gasteiger partial charge in [-0.15, -0.1) is 23.1 Å². The third-order valence-corrected chi connectivity index (χ3v) is 4.58. The van der Waals surface area contributed by atoms with Gasteiger partial charge in [0.05, 0.1) is 22.7 Å². The zero-order valence-electron chi connectivity index (χ0n) is 9.61. The Balaban J connectivity index is 2.20. The summed E-state index contributed by atoms with van der Waals surface area (Å²) < 4.78 is 0.774. The van der Waals surface area contributed by atoms with Crippen LogP contribution >= 0.6 is 34.7 Å². The molecule has 2 N–H and O–H groups in total. The summed E-state index contributed by atoms with van der Waals surface area (Å²) in [6.07, 6.45) is 0.743. The lowest BCUT2D eigenvalue weighted by Gasteiger charge is -2.13. The van der Waals surface area contributed by atoms with Gasteiger partial charge in [-0.2, -0.15) is 0 Å². The predicted octanol–water partition coefficient (Wildman–Crippen LogP) is 2.52. The smallest absolute Gasteiger partial charge is 0.230 e. The molecule has 0 aromatic carbocycles. The molecule has 1 unspecified atom stereocenters. The third-order valence-electron chi connectivity index (χ3n) is 2.18. The van der Waals surface area contributed by atoms with Gasteiger partial charge >= 0.3 is 0 Å². The largest absolute Gasteiger partial charge is 0.394 e. The van der Waals surface area contributed by atoms with Crippen molar-refractivity contribution in [1.29, 1.82) is 0 Å². The second-order valence-electron chi connectivity index (χ2n) is 3.55. The summed E-state index contributed by atoms with van der Waals surface area (Å²) in [6.45, 7) is 1.93. The molecule has 1 amide bonds. The van der Waals surface area contributed by atoms with E-state index in [0.717, 1.165) is 16.5 Å². The molecule has 0 saturated carbocycles. The fourth-order valence-corrected chi connectivity index (χ4v) is 3.26. The topological polar surface area (TPSA) is 49.3 Å². The Bertz CT molecular complexity index is 353. The molecule has 17 heavy (non-hydrogen) atoms. The molecule has 1 aromatic heterocycles. The Morgan fingerprint density at radius 2 is 2.41 bits per heavy atom. The highest BCUT2D eigenvalue weighted by molar-refractivity contribution is 7.99. The van der Waals surface area contributed by atoms with Crippen molar-refractivity contribution in [1.82, 2.24) is 5.32 Å². The fourth-order valence-electron chi connectivity index (χ4n) is 1.22. The average molecular weight is 294 g/mol. The van der Waals surface area contributed by atoms with Crippen molar-refractivity contribution in [3.05, 3.63) is 21.3 Å². The molecule has 0 bridgehead atoms. The number of hydrogen-bond donors (Lipinski definition) is 2. The second kappa shape index (κ2) is 7.97. The van der Waals surface area contributed by atoms with E-state index in [2.05, 4.69) is 5.32 Å². The lowest BCUT2D eigenvalue weighted by molar-refractivity contribution is -0.119. The molecule has 0 aliphatic heterocycles. The number of amides is 1. The zero-order valence-corrected chi connectivity index (χ0v) is 12.0. The molecule has 0 spiro atoms. The van der Waals surface area contributed by atoms with Crippen LogP contribution < -0.4 is 5.32 Å². The van der Waals surface area contributed by atoms with E-state index >= 15 is 0 Å². The maximum Gasteiger partial charge on any atom is 0.230 e. The van der Waals surface area contributed by atoms with Crippen LogP contribution in [0.4, 0.5) is 0 Å². The van der Waals surface area contributed by atoms with Crippen LogP contribution in [0.25, 0.3) is 0 Å². The number of thioether (sulfide) groups is 1. The number of rotatable bonds is 7. The molecule has 0 radical (unpaired) electrons. The van der Waals surface area contributed by atoms with Crippen molar-refractivity contribution >= 4 is 40.6 Å². The van der Waals surface area contributed by atoms with E-state index in [1.54, 1.807) is 11.8 Å². The summed E-state index contributed by atoms with van der Waals surface area (Å²) >= 11 is 8.89. The number of carbonyl (C=O) groups is 1. The van der Waals surface area contributed by atoms with E-state index in [4.69, 9.17) is 16.7 Å². The second-order valence-corrected chi connectivity index (χ2v) is 6.34. The van der Waals surface area contributed by atoms with Crippen LogP contribution in [-0.2, 0) is 10.5 Å². The van der Waals surface area contributed by atoms with Gasteiger partial charge in [-0.1, -0.05) is 18.5 Å². The minimum absolute atomic E-state index is 0.00651. The van der Waals surface area contributed by atoms with Gasteiger partial charge in [0.1, 0.15) is 0 Å². The quantitative estimate of drug-likeness (QED) is 0.812.